The molecule has 29 heavy (non-hydrogen) atoms. The van der Waals surface area contributed by atoms with E-state index in [9.17, 15) is 15.2 Å². The van der Waals surface area contributed by atoms with E-state index in [1.165, 1.54) is 12.1 Å². The first-order valence-corrected chi connectivity index (χ1v) is 9.43. The van der Waals surface area contributed by atoms with Crippen molar-refractivity contribution in [2.24, 2.45) is 0 Å². The number of furan rings is 1. The SMILES string of the molecule is O=[N+]([O-])c1ccc(-c2ccc([C@H]3[C@@H](c4ccccn4)NC(=S)N3CCO)o2)cc1. The minimum Gasteiger partial charge on any atom is -0.459 e. The molecule has 2 atom stereocenters. The first-order chi connectivity index (χ1) is 14.1. The Morgan fingerprint density at radius 2 is 2.00 bits per heavy atom. The van der Waals surface area contributed by atoms with Crippen LogP contribution in [0.3, 0.4) is 0 Å². The summed E-state index contributed by atoms with van der Waals surface area (Å²) in [5.74, 6) is 1.26. The number of nitrogens with zero attached hydrogens (tertiary/aromatic N) is 3. The van der Waals surface area contributed by atoms with Gasteiger partial charge in [0.15, 0.2) is 5.11 Å². The van der Waals surface area contributed by atoms with Gasteiger partial charge in [-0.25, -0.2) is 0 Å². The zero-order chi connectivity index (χ0) is 20.4. The molecule has 1 aliphatic heterocycles. The summed E-state index contributed by atoms with van der Waals surface area (Å²) < 4.78 is 6.11. The second kappa shape index (κ2) is 7.98. The third-order valence-electron chi connectivity index (χ3n) is 4.82. The minimum atomic E-state index is -0.438. The number of nitrogens with one attached hydrogen (secondary N) is 1. The number of aliphatic hydroxyl groups excluding tert-OH is 1. The number of hydrogen-bond acceptors (Lipinski definition) is 6. The number of thiocarbonyl (C=S) groups is 1. The number of nitro groups is 1. The van der Waals surface area contributed by atoms with Crippen LogP contribution in [0.15, 0.2) is 65.2 Å². The molecule has 0 amide bonds. The third-order valence-corrected chi connectivity index (χ3v) is 5.17. The molecule has 0 unspecified atom stereocenters. The van der Waals surface area contributed by atoms with Crippen molar-refractivity contribution in [1.82, 2.24) is 15.2 Å². The van der Waals surface area contributed by atoms with Crippen molar-refractivity contribution in [1.29, 1.82) is 0 Å². The highest BCUT2D eigenvalue weighted by Gasteiger charge is 2.41. The van der Waals surface area contributed by atoms with Gasteiger partial charge in [-0.2, -0.15) is 0 Å². The van der Waals surface area contributed by atoms with E-state index in [-0.39, 0.29) is 24.4 Å². The Morgan fingerprint density at radius 1 is 1.21 bits per heavy atom. The Kier molecular flexibility index (Phi) is 5.24. The van der Waals surface area contributed by atoms with Crippen LogP contribution in [0.25, 0.3) is 11.3 Å². The average Bonchev–Trinajstić information content (AvgIpc) is 3.34. The van der Waals surface area contributed by atoms with Crippen molar-refractivity contribution in [2.45, 2.75) is 12.1 Å². The van der Waals surface area contributed by atoms with Crippen molar-refractivity contribution < 1.29 is 14.4 Å². The van der Waals surface area contributed by atoms with E-state index in [4.69, 9.17) is 16.6 Å². The lowest BCUT2D eigenvalue weighted by Crippen LogP contribution is -2.32. The van der Waals surface area contributed by atoms with Gasteiger partial charge in [0.1, 0.15) is 17.6 Å². The molecule has 0 bridgehead atoms. The lowest BCUT2D eigenvalue weighted by Gasteiger charge is -2.25. The molecule has 0 spiro atoms. The highest BCUT2D eigenvalue weighted by atomic mass is 32.1. The van der Waals surface area contributed by atoms with Crippen molar-refractivity contribution in [2.75, 3.05) is 13.2 Å². The highest BCUT2D eigenvalue weighted by molar-refractivity contribution is 7.80. The Balaban J connectivity index is 1.68. The highest BCUT2D eigenvalue weighted by Crippen LogP contribution is 2.40. The van der Waals surface area contributed by atoms with Crippen molar-refractivity contribution >= 4 is 23.0 Å². The second-order valence-corrected chi connectivity index (χ2v) is 6.94. The maximum Gasteiger partial charge on any atom is 0.269 e. The molecule has 1 aromatic carbocycles. The molecular formula is C20H18N4O4S. The number of pyridine rings is 1. The van der Waals surface area contributed by atoms with Crippen LogP contribution in [-0.2, 0) is 0 Å². The molecule has 3 heterocycles. The van der Waals surface area contributed by atoms with E-state index in [2.05, 4.69) is 10.3 Å². The molecular weight excluding hydrogens is 392 g/mol. The summed E-state index contributed by atoms with van der Waals surface area (Å²) in [6.45, 7) is 0.302. The van der Waals surface area contributed by atoms with Crippen LogP contribution in [0.4, 0.5) is 5.69 Å². The van der Waals surface area contributed by atoms with E-state index in [1.54, 1.807) is 18.3 Å². The number of aromatic nitrogens is 1. The molecule has 0 aliphatic carbocycles. The summed E-state index contributed by atoms with van der Waals surface area (Å²) in [5, 5.41) is 24.1. The van der Waals surface area contributed by atoms with Crippen molar-refractivity contribution in [3.8, 4) is 11.3 Å². The summed E-state index contributed by atoms with van der Waals surface area (Å²) in [5.41, 5.74) is 1.57. The lowest BCUT2D eigenvalue weighted by molar-refractivity contribution is -0.384. The van der Waals surface area contributed by atoms with E-state index in [0.717, 1.165) is 11.3 Å². The summed E-state index contributed by atoms with van der Waals surface area (Å²) in [6, 6.07) is 15.0. The summed E-state index contributed by atoms with van der Waals surface area (Å²) in [7, 11) is 0. The van der Waals surface area contributed by atoms with Gasteiger partial charge in [-0.05, 0) is 48.6 Å². The standard InChI is InChI=1S/C20H18N4O4S/c25-12-11-23-19(18(22-20(23)29)15-3-1-2-10-21-15)17-9-8-16(28-17)13-4-6-14(7-5-13)24(26)27/h1-10,18-19,25H,11-12H2,(H,22,29)/t18-,19+/m1/s1. The third kappa shape index (κ3) is 3.69. The zero-order valence-electron chi connectivity index (χ0n) is 15.3. The molecule has 148 valence electrons. The average molecular weight is 410 g/mol. The van der Waals surface area contributed by atoms with Crippen LogP contribution in [-0.4, -0.2) is 38.2 Å². The number of β-amino-alcohol motifs (C(OH)–C–C–N with tert-alkyl or cyclic N) is 1. The van der Waals surface area contributed by atoms with E-state index in [0.29, 0.717) is 23.2 Å². The molecule has 9 heteroatoms. The predicted octanol–water partition coefficient (Wildman–Crippen LogP) is 3.21. The van der Waals surface area contributed by atoms with E-state index < -0.39 is 4.92 Å². The van der Waals surface area contributed by atoms with Gasteiger partial charge >= 0.3 is 0 Å². The van der Waals surface area contributed by atoms with E-state index in [1.807, 2.05) is 35.2 Å². The Labute approximate surface area is 171 Å². The Bertz CT molecular complexity index is 1020. The van der Waals surface area contributed by atoms with Gasteiger partial charge in [0.2, 0.25) is 0 Å². The smallest absolute Gasteiger partial charge is 0.269 e. The summed E-state index contributed by atoms with van der Waals surface area (Å²) in [6.07, 6.45) is 1.72. The van der Waals surface area contributed by atoms with Crippen LogP contribution in [0.5, 0.6) is 0 Å². The van der Waals surface area contributed by atoms with Gasteiger partial charge in [-0.3, -0.25) is 15.1 Å². The Morgan fingerprint density at radius 3 is 2.66 bits per heavy atom. The van der Waals surface area contributed by atoms with Crippen LogP contribution in [0, 0.1) is 10.1 Å². The normalized spacial score (nSPS) is 18.7. The topological polar surface area (TPSA) is 105 Å². The summed E-state index contributed by atoms with van der Waals surface area (Å²) >= 11 is 5.47. The number of hydrogen-bond donors (Lipinski definition) is 2. The van der Waals surface area contributed by atoms with Gasteiger partial charge in [0.05, 0.1) is 23.3 Å². The van der Waals surface area contributed by atoms with Crippen LogP contribution >= 0.6 is 12.2 Å². The van der Waals surface area contributed by atoms with Gasteiger partial charge in [-0.1, -0.05) is 6.07 Å². The first-order valence-electron chi connectivity index (χ1n) is 9.02. The number of nitro benzene ring substituents is 1. The van der Waals surface area contributed by atoms with Crippen LogP contribution in [0.2, 0.25) is 0 Å². The minimum absolute atomic E-state index is 0.0233. The lowest BCUT2D eigenvalue weighted by atomic mass is 10.0. The summed E-state index contributed by atoms with van der Waals surface area (Å²) in [4.78, 5) is 16.7. The van der Waals surface area contributed by atoms with Gasteiger partial charge in [0.25, 0.3) is 5.69 Å². The maximum atomic E-state index is 10.9. The molecule has 3 aromatic rings. The zero-order valence-corrected chi connectivity index (χ0v) is 16.1. The molecule has 2 N–H and O–H groups in total. The largest absolute Gasteiger partial charge is 0.459 e. The van der Waals surface area contributed by atoms with Gasteiger partial charge < -0.3 is 19.7 Å². The van der Waals surface area contributed by atoms with Crippen LogP contribution in [0.1, 0.15) is 23.5 Å². The predicted molar refractivity (Wildman–Crippen MR) is 110 cm³/mol. The number of rotatable bonds is 6. The monoisotopic (exact) mass is 410 g/mol. The fraction of sp³-hybridized carbons (Fsp3) is 0.200. The molecule has 8 nitrogen and oxygen atoms in total. The number of benzene rings is 1. The number of non-ortho nitro benzene ring substituents is 1. The quantitative estimate of drug-likeness (QED) is 0.363. The fourth-order valence-electron chi connectivity index (χ4n) is 3.48. The molecule has 4 rings (SSSR count). The second-order valence-electron chi connectivity index (χ2n) is 6.55. The number of aliphatic hydroxyl groups is 1. The molecule has 2 aromatic heterocycles. The molecule has 1 aliphatic rings. The Hall–Kier alpha value is -3.30. The maximum absolute atomic E-state index is 10.9. The first kappa shape index (κ1) is 19.0. The van der Waals surface area contributed by atoms with Crippen LogP contribution < -0.4 is 5.32 Å². The molecule has 0 saturated carbocycles. The van der Waals surface area contributed by atoms with Gasteiger partial charge in [0, 0.05) is 30.4 Å². The van der Waals surface area contributed by atoms with Crippen molar-refractivity contribution in [3.63, 3.8) is 0 Å². The molecule has 1 fully saturated rings. The van der Waals surface area contributed by atoms with Crippen molar-refractivity contribution in [3.05, 3.63) is 82.4 Å². The molecule has 1 saturated heterocycles. The molecule has 0 radical (unpaired) electrons. The van der Waals surface area contributed by atoms with E-state index >= 15 is 0 Å². The fourth-order valence-corrected chi connectivity index (χ4v) is 3.81. The van der Waals surface area contributed by atoms with Gasteiger partial charge in [-0.15, -0.1) is 0 Å².